The molecule has 0 fully saturated rings. The van der Waals surface area contributed by atoms with Crippen LogP contribution in [0, 0.1) is 0 Å². The summed E-state index contributed by atoms with van der Waals surface area (Å²) in [5, 5.41) is 2.77. The third-order valence-electron chi connectivity index (χ3n) is 3.98. The molecule has 28 heavy (non-hydrogen) atoms. The number of hydrogen-bond donors (Lipinski definition) is 1. The number of ether oxygens (including phenoxy) is 3. The highest BCUT2D eigenvalue weighted by atomic mass is 16.6. The first-order valence-electron chi connectivity index (χ1n) is 8.83. The molecule has 0 atom stereocenters. The number of carbonyl (C=O) groups is 2. The van der Waals surface area contributed by atoms with Gasteiger partial charge in [0.25, 0.3) is 5.91 Å². The maximum atomic E-state index is 12.1. The van der Waals surface area contributed by atoms with Crippen molar-refractivity contribution in [2.75, 3.05) is 39.2 Å². The van der Waals surface area contributed by atoms with Gasteiger partial charge < -0.3 is 24.4 Å². The summed E-state index contributed by atoms with van der Waals surface area (Å²) in [5.41, 5.74) is 1.47. The Bertz CT molecular complexity index is 875. The van der Waals surface area contributed by atoms with Gasteiger partial charge in [-0.3, -0.25) is 9.59 Å². The molecule has 0 unspecified atom stereocenters. The van der Waals surface area contributed by atoms with Crippen molar-refractivity contribution in [1.29, 1.82) is 0 Å². The second-order valence-corrected chi connectivity index (χ2v) is 6.33. The Morgan fingerprint density at radius 3 is 2.50 bits per heavy atom. The highest BCUT2D eigenvalue weighted by molar-refractivity contribution is 6.02. The second-order valence-electron chi connectivity index (χ2n) is 6.33. The molecule has 7 heteroatoms. The van der Waals surface area contributed by atoms with Crippen LogP contribution in [0.15, 0.2) is 48.5 Å². The fourth-order valence-corrected chi connectivity index (χ4v) is 2.43. The maximum Gasteiger partial charge on any atom is 0.259 e. The van der Waals surface area contributed by atoms with E-state index < -0.39 is 0 Å². The summed E-state index contributed by atoms with van der Waals surface area (Å²) in [5.74, 6) is 1.56. The third-order valence-corrected chi connectivity index (χ3v) is 3.98. The highest BCUT2D eigenvalue weighted by Gasteiger charge is 2.11. The Balaban J connectivity index is 1.53. The quantitative estimate of drug-likeness (QED) is 0.777. The van der Waals surface area contributed by atoms with Crippen LogP contribution in [-0.2, 0) is 9.59 Å². The second kappa shape index (κ2) is 8.94. The van der Waals surface area contributed by atoms with Gasteiger partial charge >= 0.3 is 0 Å². The molecular weight excluding hydrogens is 360 g/mol. The molecule has 0 aromatic heterocycles. The molecule has 0 aliphatic carbocycles. The molecule has 1 N–H and O–H groups in total. The largest absolute Gasteiger partial charge is 0.486 e. The number of anilines is 1. The predicted octanol–water partition coefficient (Wildman–Crippen LogP) is 2.58. The monoisotopic (exact) mass is 382 g/mol. The number of fused-ring (bicyclic) bond motifs is 1. The fraction of sp³-hybridized carbons (Fsp3) is 0.238. The van der Waals surface area contributed by atoms with E-state index in [0.717, 1.165) is 5.56 Å². The number of carbonyl (C=O) groups excluding carboxylic acids is 2. The zero-order valence-corrected chi connectivity index (χ0v) is 15.8. The maximum absolute atomic E-state index is 12.1. The van der Waals surface area contributed by atoms with Gasteiger partial charge in [-0.1, -0.05) is 6.07 Å². The normalized spacial score (nSPS) is 12.5. The summed E-state index contributed by atoms with van der Waals surface area (Å²) >= 11 is 0. The summed E-state index contributed by atoms with van der Waals surface area (Å²) in [6.45, 7) is 1.03. The van der Waals surface area contributed by atoms with Gasteiger partial charge in [0.15, 0.2) is 18.1 Å². The van der Waals surface area contributed by atoms with Gasteiger partial charge in [-0.15, -0.1) is 0 Å². The minimum Gasteiger partial charge on any atom is -0.486 e. The molecule has 1 aliphatic rings. The molecule has 0 bridgehead atoms. The number of amides is 2. The van der Waals surface area contributed by atoms with E-state index in [4.69, 9.17) is 14.2 Å². The van der Waals surface area contributed by atoms with Crippen molar-refractivity contribution in [3.8, 4) is 17.2 Å². The van der Waals surface area contributed by atoms with Gasteiger partial charge in [0.1, 0.15) is 19.0 Å². The number of rotatable bonds is 6. The molecule has 2 amide bonds. The molecule has 146 valence electrons. The average Bonchev–Trinajstić information content (AvgIpc) is 2.71. The number of benzene rings is 2. The summed E-state index contributed by atoms with van der Waals surface area (Å²) in [7, 11) is 3.34. The standard InChI is InChI=1S/C21H22N2O5/c1-23(2)21(25)14-28-17-7-5-16(6-8-17)22-20(24)10-4-15-3-9-18-19(13-15)27-12-11-26-18/h3-10,13H,11-12,14H2,1-2H3,(H,22,24)/b10-4+. The van der Waals surface area contributed by atoms with Crippen LogP contribution in [0.3, 0.4) is 0 Å². The van der Waals surface area contributed by atoms with Crippen molar-refractivity contribution < 1.29 is 23.8 Å². The summed E-state index contributed by atoms with van der Waals surface area (Å²) in [6.07, 6.45) is 3.16. The molecule has 0 radical (unpaired) electrons. The SMILES string of the molecule is CN(C)C(=O)COc1ccc(NC(=O)/C=C/c2ccc3c(c2)OCCO3)cc1. The Kier molecular flexibility index (Phi) is 6.16. The van der Waals surface area contributed by atoms with E-state index in [2.05, 4.69) is 5.32 Å². The average molecular weight is 382 g/mol. The van der Waals surface area contributed by atoms with E-state index in [9.17, 15) is 9.59 Å². The van der Waals surface area contributed by atoms with Gasteiger partial charge in [0, 0.05) is 25.9 Å². The molecule has 7 nitrogen and oxygen atoms in total. The van der Waals surface area contributed by atoms with Crippen LogP contribution in [0.5, 0.6) is 17.2 Å². The van der Waals surface area contributed by atoms with Crippen LogP contribution in [0.1, 0.15) is 5.56 Å². The minimum absolute atomic E-state index is 0.0308. The lowest BCUT2D eigenvalue weighted by atomic mass is 10.2. The Morgan fingerprint density at radius 2 is 1.79 bits per heavy atom. The zero-order valence-electron chi connectivity index (χ0n) is 15.8. The van der Waals surface area contributed by atoms with Gasteiger partial charge in [-0.2, -0.15) is 0 Å². The summed E-state index contributed by atoms with van der Waals surface area (Å²) in [6, 6.07) is 12.3. The van der Waals surface area contributed by atoms with E-state index in [1.54, 1.807) is 44.4 Å². The van der Waals surface area contributed by atoms with E-state index in [0.29, 0.717) is 36.1 Å². The fourth-order valence-electron chi connectivity index (χ4n) is 2.43. The smallest absolute Gasteiger partial charge is 0.259 e. The number of hydrogen-bond acceptors (Lipinski definition) is 5. The molecular formula is C21H22N2O5. The van der Waals surface area contributed by atoms with E-state index in [-0.39, 0.29) is 18.4 Å². The molecule has 0 saturated heterocycles. The Labute approximate surface area is 163 Å². The van der Waals surface area contributed by atoms with Crippen molar-refractivity contribution in [2.24, 2.45) is 0 Å². The van der Waals surface area contributed by atoms with Crippen LogP contribution in [0.2, 0.25) is 0 Å². The van der Waals surface area contributed by atoms with Crippen LogP contribution >= 0.6 is 0 Å². The lowest BCUT2D eigenvalue weighted by Crippen LogP contribution is -2.27. The van der Waals surface area contributed by atoms with E-state index >= 15 is 0 Å². The molecule has 2 aromatic rings. The number of nitrogens with zero attached hydrogens (tertiary/aromatic N) is 1. The minimum atomic E-state index is -0.258. The van der Waals surface area contributed by atoms with Crippen molar-refractivity contribution in [3.05, 3.63) is 54.1 Å². The summed E-state index contributed by atoms with van der Waals surface area (Å²) in [4.78, 5) is 25.1. The zero-order chi connectivity index (χ0) is 19.9. The lowest BCUT2D eigenvalue weighted by Gasteiger charge is -2.18. The van der Waals surface area contributed by atoms with E-state index in [1.165, 1.54) is 11.0 Å². The van der Waals surface area contributed by atoms with Crippen molar-refractivity contribution >= 4 is 23.6 Å². The first-order valence-corrected chi connectivity index (χ1v) is 8.83. The van der Waals surface area contributed by atoms with Gasteiger partial charge in [-0.25, -0.2) is 0 Å². The molecule has 1 aliphatic heterocycles. The summed E-state index contributed by atoms with van der Waals surface area (Å²) < 4.78 is 16.4. The number of nitrogens with one attached hydrogen (secondary N) is 1. The Hall–Kier alpha value is -3.48. The van der Waals surface area contributed by atoms with Gasteiger partial charge in [0.2, 0.25) is 5.91 Å². The molecule has 0 saturated carbocycles. The molecule has 2 aromatic carbocycles. The van der Waals surface area contributed by atoms with Crippen LogP contribution in [0.4, 0.5) is 5.69 Å². The molecule has 3 rings (SSSR count). The van der Waals surface area contributed by atoms with Crippen LogP contribution in [-0.4, -0.2) is 50.6 Å². The van der Waals surface area contributed by atoms with Crippen LogP contribution < -0.4 is 19.5 Å². The predicted molar refractivity (Wildman–Crippen MR) is 106 cm³/mol. The lowest BCUT2D eigenvalue weighted by molar-refractivity contribution is -0.130. The van der Waals surface area contributed by atoms with Crippen LogP contribution in [0.25, 0.3) is 6.08 Å². The van der Waals surface area contributed by atoms with Gasteiger partial charge in [0.05, 0.1) is 0 Å². The van der Waals surface area contributed by atoms with Gasteiger partial charge in [-0.05, 0) is 48.0 Å². The van der Waals surface area contributed by atoms with Crippen molar-refractivity contribution in [2.45, 2.75) is 0 Å². The third kappa shape index (κ3) is 5.26. The Morgan fingerprint density at radius 1 is 1.07 bits per heavy atom. The molecule has 1 heterocycles. The van der Waals surface area contributed by atoms with Crippen molar-refractivity contribution in [1.82, 2.24) is 4.90 Å². The molecule has 0 spiro atoms. The first kappa shape index (κ1) is 19.3. The van der Waals surface area contributed by atoms with Crippen molar-refractivity contribution in [3.63, 3.8) is 0 Å². The number of likely N-dealkylation sites (N-methyl/N-ethyl adjacent to an activating group) is 1. The highest BCUT2D eigenvalue weighted by Crippen LogP contribution is 2.31. The topological polar surface area (TPSA) is 77.1 Å². The van der Waals surface area contributed by atoms with E-state index in [1.807, 2.05) is 18.2 Å². The first-order chi connectivity index (χ1) is 13.5.